The van der Waals surface area contributed by atoms with Gasteiger partial charge < -0.3 is 14.5 Å². The van der Waals surface area contributed by atoms with Crippen LogP contribution in [0.5, 0.6) is 0 Å². The van der Waals surface area contributed by atoms with Gasteiger partial charge in [-0.2, -0.15) is 0 Å². The summed E-state index contributed by atoms with van der Waals surface area (Å²) in [6.45, 7) is 3.74. The number of ether oxygens (including phenoxy) is 1. The molecule has 1 amide bonds. The average Bonchev–Trinajstić information content (AvgIpc) is 3.19. The zero-order chi connectivity index (χ0) is 20.6. The van der Waals surface area contributed by atoms with Crippen molar-refractivity contribution < 1.29 is 27.2 Å². The standard InChI is InChI=1S/C19H22N2O6S/c1-3-20-19(23)14(2)27-18(22)11-8-15-6-9-17(10-7-15)28(24,25)21-13-16-5-4-12-26-16/h4-12,14,21H,3,13H2,1-2H3,(H,20,23)/b11-8+/t14-/m1/s1. The Morgan fingerprint density at radius 3 is 2.54 bits per heavy atom. The molecule has 0 radical (unpaired) electrons. The Bertz CT molecular complexity index is 918. The Balaban J connectivity index is 1.93. The van der Waals surface area contributed by atoms with E-state index in [4.69, 9.17) is 9.15 Å². The lowest BCUT2D eigenvalue weighted by molar-refractivity contribution is -0.150. The first-order valence-electron chi connectivity index (χ1n) is 8.60. The quantitative estimate of drug-likeness (QED) is 0.485. The first kappa shape index (κ1) is 21.4. The van der Waals surface area contributed by atoms with Gasteiger partial charge in [0, 0.05) is 12.6 Å². The van der Waals surface area contributed by atoms with Crippen LogP contribution in [0.15, 0.2) is 58.1 Å². The van der Waals surface area contributed by atoms with Crippen molar-refractivity contribution in [3.8, 4) is 0 Å². The van der Waals surface area contributed by atoms with Crippen molar-refractivity contribution in [1.29, 1.82) is 0 Å². The second kappa shape index (κ2) is 9.86. The van der Waals surface area contributed by atoms with Gasteiger partial charge in [-0.1, -0.05) is 12.1 Å². The summed E-state index contributed by atoms with van der Waals surface area (Å²) >= 11 is 0. The van der Waals surface area contributed by atoms with Gasteiger partial charge in [0.15, 0.2) is 6.10 Å². The van der Waals surface area contributed by atoms with Crippen LogP contribution in [-0.2, 0) is 30.9 Å². The van der Waals surface area contributed by atoms with Crippen LogP contribution in [0.25, 0.3) is 6.08 Å². The number of amides is 1. The minimum absolute atomic E-state index is 0.0482. The Morgan fingerprint density at radius 1 is 1.21 bits per heavy atom. The molecule has 150 valence electrons. The van der Waals surface area contributed by atoms with E-state index in [1.807, 2.05) is 0 Å². The highest BCUT2D eigenvalue weighted by Gasteiger charge is 2.16. The van der Waals surface area contributed by atoms with Gasteiger partial charge in [-0.15, -0.1) is 0 Å². The molecule has 1 atom stereocenters. The lowest BCUT2D eigenvalue weighted by Gasteiger charge is -2.10. The third kappa shape index (κ3) is 6.36. The lowest BCUT2D eigenvalue weighted by Crippen LogP contribution is -2.35. The Hall–Kier alpha value is -2.91. The van der Waals surface area contributed by atoms with E-state index in [0.717, 1.165) is 0 Å². The number of benzene rings is 1. The third-order valence-corrected chi connectivity index (χ3v) is 5.05. The van der Waals surface area contributed by atoms with Crippen molar-refractivity contribution in [2.24, 2.45) is 0 Å². The third-order valence-electron chi connectivity index (χ3n) is 3.63. The molecule has 0 spiro atoms. The molecule has 2 rings (SSSR count). The number of hydrogen-bond acceptors (Lipinski definition) is 6. The van der Waals surface area contributed by atoms with E-state index in [1.54, 1.807) is 31.2 Å². The fourth-order valence-electron chi connectivity index (χ4n) is 2.17. The molecule has 0 unspecified atom stereocenters. The van der Waals surface area contributed by atoms with E-state index in [-0.39, 0.29) is 17.3 Å². The monoisotopic (exact) mass is 406 g/mol. The van der Waals surface area contributed by atoms with Gasteiger partial charge in [0.05, 0.1) is 17.7 Å². The molecule has 0 fully saturated rings. The summed E-state index contributed by atoms with van der Waals surface area (Å²) in [5, 5.41) is 2.56. The van der Waals surface area contributed by atoms with Crippen LogP contribution in [-0.4, -0.2) is 32.9 Å². The van der Waals surface area contributed by atoms with Crippen LogP contribution in [0.2, 0.25) is 0 Å². The fourth-order valence-corrected chi connectivity index (χ4v) is 3.16. The highest BCUT2D eigenvalue weighted by Crippen LogP contribution is 2.13. The number of furan rings is 1. The number of nitrogens with one attached hydrogen (secondary N) is 2. The smallest absolute Gasteiger partial charge is 0.331 e. The maximum Gasteiger partial charge on any atom is 0.331 e. The highest BCUT2D eigenvalue weighted by atomic mass is 32.2. The van der Waals surface area contributed by atoms with Crippen LogP contribution in [0.3, 0.4) is 0 Å². The van der Waals surface area contributed by atoms with Crippen LogP contribution >= 0.6 is 0 Å². The van der Waals surface area contributed by atoms with Gasteiger partial charge in [0.2, 0.25) is 10.0 Å². The maximum absolute atomic E-state index is 12.3. The predicted molar refractivity (Wildman–Crippen MR) is 102 cm³/mol. The molecule has 1 aromatic carbocycles. The number of sulfonamides is 1. The van der Waals surface area contributed by atoms with E-state index in [2.05, 4.69) is 10.0 Å². The summed E-state index contributed by atoms with van der Waals surface area (Å²) < 4.78 is 37.0. The summed E-state index contributed by atoms with van der Waals surface area (Å²) in [4.78, 5) is 23.4. The summed E-state index contributed by atoms with van der Waals surface area (Å²) in [6, 6.07) is 9.30. The molecule has 0 saturated heterocycles. The van der Waals surface area contributed by atoms with Crippen molar-refractivity contribution in [3.05, 3.63) is 60.1 Å². The lowest BCUT2D eigenvalue weighted by atomic mass is 10.2. The molecule has 1 heterocycles. The summed E-state index contributed by atoms with van der Waals surface area (Å²) in [5.74, 6) is -0.542. The number of likely N-dealkylation sites (N-methyl/N-ethyl adjacent to an activating group) is 1. The molecule has 1 aromatic heterocycles. The van der Waals surface area contributed by atoms with Gasteiger partial charge >= 0.3 is 5.97 Å². The molecular weight excluding hydrogens is 384 g/mol. The molecule has 0 saturated carbocycles. The van der Waals surface area contributed by atoms with Gasteiger partial charge in [0.25, 0.3) is 5.91 Å². The Morgan fingerprint density at radius 2 is 1.93 bits per heavy atom. The minimum Gasteiger partial charge on any atom is -0.468 e. The molecule has 0 aliphatic heterocycles. The van der Waals surface area contributed by atoms with Crippen LogP contribution in [0.1, 0.15) is 25.2 Å². The average molecular weight is 406 g/mol. The van der Waals surface area contributed by atoms with Crippen molar-refractivity contribution in [2.45, 2.75) is 31.4 Å². The second-order valence-electron chi connectivity index (χ2n) is 5.78. The number of carbonyl (C=O) groups is 2. The van der Waals surface area contributed by atoms with Crippen molar-refractivity contribution >= 4 is 28.0 Å². The van der Waals surface area contributed by atoms with Crippen LogP contribution in [0, 0.1) is 0 Å². The number of hydrogen-bond donors (Lipinski definition) is 2. The first-order chi connectivity index (χ1) is 13.3. The van der Waals surface area contributed by atoms with E-state index >= 15 is 0 Å². The fraction of sp³-hybridized carbons (Fsp3) is 0.263. The molecule has 0 bridgehead atoms. The Labute approximate surface area is 163 Å². The van der Waals surface area contributed by atoms with Crippen molar-refractivity contribution in [2.75, 3.05) is 6.54 Å². The van der Waals surface area contributed by atoms with Crippen molar-refractivity contribution in [3.63, 3.8) is 0 Å². The van der Waals surface area contributed by atoms with E-state index < -0.39 is 22.1 Å². The molecular formula is C19H22N2O6S. The van der Waals surface area contributed by atoms with Gasteiger partial charge in [0.1, 0.15) is 5.76 Å². The molecule has 2 aromatic rings. The second-order valence-corrected chi connectivity index (χ2v) is 7.55. The molecule has 28 heavy (non-hydrogen) atoms. The van der Waals surface area contributed by atoms with E-state index in [1.165, 1.54) is 37.5 Å². The molecule has 8 nitrogen and oxygen atoms in total. The van der Waals surface area contributed by atoms with E-state index in [9.17, 15) is 18.0 Å². The minimum atomic E-state index is -3.69. The summed E-state index contributed by atoms with van der Waals surface area (Å²) in [5.41, 5.74) is 0.604. The number of esters is 1. The summed E-state index contributed by atoms with van der Waals surface area (Å²) in [7, 11) is -3.69. The number of rotatable bonds is 9. The normalized spacial score (nSPS) is 12.6. The van der Waals surface area contributed by atoms with Crippen molar-refractivity contribution in [1.82, 2.24) is 10.0 Å². The summed E-state index contributed by atoms with van der Waals surface area (Å²) in [6.07, 6.45) is 3.21. The first-order valence-corrected chi connectivity index (χ1v) is 10.1. The zero-order valence-electron chi connectivity index (χ0n) is 15.5. The van der Waals surface area contributed by atoms with E-state index in [0.29, 0.717) is 17.9 Å². The van der Waals surface area contributed by atoms with Crippen LogP contribution in [0.4, 0.5) is 0 Å². The maximum atomic E-state index is 12.3. The molecule has 0 aliphatic carbocycles. The molecule has 9 heteroatoms. The van der Waals surface area contributed by atoms with Crippen LogP contribution < -0.4 is 10.0 Å². The predicted octanol–water partition coefficient (Wildman–Crippen LogP) is 1.84. The largest absolute Gasteiger partial charge is 0.468 e. The van der Waals surface area contributed by atoms with Gasteiger partial charge in [-0.05, 0) is 49.8 Å². The SMILES string of the molecule is CCNC(=O)[C@@H](C)OC(=O)/C=C/c1ccc(S(=O)(=O)NCc2ccco2)cc1. The topological polar surface area (TPSA) is 115 Å². The Kier molecular flexibility index (Phi) is 7.53. The highest BCUT2D eigenvalue weighted by molar-refractivity contribution is 7.89. The molecule has 0 aliphatic rings. The number of carbonyl (C=O) groups excluding carboxylic acids is 2. The van der Waals surface area contributed by atoms with Gasteiger partial charge in [-0.3, -0.25) is 4.79 Å². The van der Waals surface area contributed by atoms with Gasteiger partial charge in [-0.25, -0.2) is 17.9 Å². The zero-order valence-corrected chi connectivity index (χ0v) is 16.4. The molecule has 2 N–H and O–H groups in total.